The Morgan fingerprint density at radius 2 is 1.55 bits per heavy atom. The summed E-state index contributed by atoms with van der Waals surface area (Å²) in [4.78, 5) is 0. The molecule has 0 aliphatic heterocycles. The molecule has 4 N–H and O–H groups in total. The van der Waals surface area contributed by atoms with Crippen molar-refractivity contribution in [3.8, 4) is 5.75 Å². The van der Waals surface area contributed by atoms with Crippen LogP contribution < -0.4 is 5.46 Å². The van der Waals surface area contributed by atoms with E-state index >= 15 is 0 Å². The molecular formula is C15H15BO4. The standard InChI is InChI=1S/C15H15BO4/c17-10-13-7-12(8-15(18)9-13)2-1-11-3-5-14(6-4-11)16(19)20/h1-9,17-20H,10H2/b2-1-. The van der Waals surface area contributed by atoms with Gasteiger partial charge >= 0.3 is 7.12 Å². The maximum Gasteiger partial charge on any atom is 0.488 e. The molecule has 5 heteroatoms. The predicted octanol–water partition coefficient (Wildman–Crippen LogP) is 0.735. The van der Waals surface area contributed by atoms with Gasteiger partial charge in [-0.2, -0.15) is 0 Å². The van der Waals surface area contributed by atoms with Gasteiger partial charge in [0.05, 0.1) is 6.61 Å². The van der Waals surface area contributed by atoms with Crippen LogP contribution in [0.5, 0.6) is 5.75 Å². The summed E-state index contributed by atoms with van der Waals surface area (Å²) in [5.41, 5.74) is 2.74. The fourth-order valence-corrected chi connectivity index (χ4v) is 1.86. The zero-order valence-corrected chi connectivity index (χ0v) is 10.8. The second kappa shape index (κ2) is 6.39. The molecule has 0 heterocycles. The topological polar surface area (TPSA) is 80.9 Å². The lowest BCUT2D eigenvalue weighted by molar-refractivity contribution is 0.281. The summed E-state index contributed by atoms with van der Waals surface area (Å²) in [6.07, 6.45) is 3.65. The molecule has 0 aliphatic rings. The summed E-state index contributed by atoms with van der Waals surface area (Å²) < 4.78 is 0. The molecule has 2 aromatic carbocycles. The first-order chi connectivity index (χ1) is 9.58. The van der Waals surface area contributed by atoms with Gasteiger partial charge < -0.3 is 20.3 Å². The lowest BCUT2D eigenvalue weighted by atomic mass is 9.80. The van der Waals surface area contributed by atoms with E-state index in [1.54, 1.807) is 36.4 Å². The average molecular weight is 270 g/mol. The van der Waals surface area contributed by atoms with E-state index < -0.39 is 7.12 Å². The summed E-state index contributed by atoms with van der Waals surface area (Å²) in [6, 6.07) is 11.7. The fourth-order valence-electron chi connectivity index (χ4n) is 1.86. The summed E-state index contributed by atoms with van der Waals surface area (Å²) in [7, 11) is -1.47. The van der Waals surface area contributed by atoms with Crippen LogP contribution in [0.25, 0.3) is 12.2 Å². The molecule has 0 aliphatic carbocycles. The Hall–Kier alpha value is -2.08. The summed E-state index contributed by atoms with van der Waals surface area (Å²) >= 11 is 0. The zero-order chi connectivity index (χ0) is 14.5. The van der Waals surface area contributed by atoms with Crippen LogP contribution in [0.15, 0.2) is 42.5 Å². The summed E-state index contributed by atoms with van der Waals surface area (Å²) in [6.45, 7) is -0.127. The lowest BCUT2D eigenvalue weighted by Crippen LogP contribution is -2.29. The van der Waals surface area contributed by atoms with E-state index in [4.69, 9.17) is 15.2 Å². The molecule has 0 fully saturated rings. The van der Waals surface area contributed by atoms with Crippen molar-refractivity contribution >= 4 is 24.7 Å². The first-order valence-electron chi connectivity index (χ1n) is 6.16. The van der Waals surface area contributed by atoms with Gasteiger partial charge in [0, 0.05) is 0 Å². The van der Waals surface area contributed by atoms with E-state index in [2.05, 4.69) is 0 Å². The third-order valence-corrected chi connectivity index (χ3v) is 2.89. The largest absolute Gasteiger partial charge is 0.508 e. The minimum Gasteiger partial charge on any atom is -0.508 e. The molecule has 2 rings (SSSR count). The van der Waals surface area contributed by atoms with Crippen molar-refractivity contribution in [3.63, 3.8) is 0 Å². The normalized spacial score (nSPS) is 10.9. The van der Waals surface area contributed by atoms with Gasteiger partial charge in [0.25, 0.3) is 0 Å². The van der Waals surface area contributed by atoms with Crippen LogP contribution in [0.1, 0.15) is 16.7 Å². The van der Waals surface area contributed by atoms with E-state index in [0.29, 0.717) is 11.0 Å². The number of hydrogen-bond donors (Lipinski definition) is 4. The third kappa shape index (κ3) is 3.71. The highest BCUT2D eigenvalue weighted by atomic mass is 16.4. The van der Waals surface area contributed by atoms with Gasteiger partial charge in [0.1, 0.15) is 5.75 Å². The monoisotopic (exact) mass is 270 g/mol. The minimum atomic E-state index is -1.47. The van der Waals surface area contributed by atoms with E-state index in [0.717, 1.165) is 11.1 Å². The van der Waals surface area contributed by atoms with Crippen LogP contribution in [0.2, 0.25) is 0 Å². The zero-order valence-electron chi connectivity index (χ0n) is 10.8. The molecular weight excluding hydrogens is 255 g/mol. The van der Waals surface area contributed by atoms with Crippen LogP contribution in [0.4, 0.5) is 0 Å². The van der Waals surface area contributed by atoms with Gasteiger partial charge in [-0.3, -0.25) is 0 Å². The van der Waals surface area contributed by atoms with Crippen LogP contribution >= 0.6 is 0 Å². The molecule has 0 saturated heterocycles. The Morgan fingerprint density at radius 3 is 2.15 bits per heavy atom. The average Bonchev–Trinajstić information content (AvgIpc) is 2.45. The Kier molecular flexibility index (Phi) is 4.58. The molecule has 0 saturated carbocycles. The second-order valence-electron chi connectivity index (χ2n) is 4.46. The minimum absolute atomic E-state index is 0.106. The molecule has 0 radical (unpaired) electrons. The Morgan fingerprint density at radius 1 is 0.900 bits per heavy atom. The van der Waals surface area contributed by atoms with Gasteiger partial charge in [0.15, 0.2) is 0 Å². The van der Waals surface area contributed by atoms with E-state index in [9.17, 15) is 5.11 Å². The van der Waals surface area contributed by atoms with Crippen molar-refractivity contribution < 1.29 is 20.3 Å². The van der Waals surface area contributed by atoms with Crippen LogP contribution in [0.3, 0.4) is 0 Å². The summed E-state index contributed by atoms with van der Waals surface area (Å²) in [5.74, 6) is 0.106. The number of hydrogen-bond acceptors (Lipinski definition) is 4. The fraction of sp³-hybridized carbons (Fsp3) is 0.0667. The highest BCUT2D eigenvalue weighted by molar-refractivity contribution is 6.58. The maximum atomic E-state index is 9.52. The molecule has 0 unspecified atom stereocenters. The van der Waals surface area contributed by atoms with Crippen molar-refractivity contribution in [1.82, 2.24) is 0 Å². The smallest absolute Gasteiger partial charge is 0.488 e. The van der Waals surface area contributed by atoms with Gasteiger partial charge in [-0.05, 0) is 40.4 Å². The van der Waals surface area contributed by atoms with E-state index in [1.807, 2.05) is 12.2 Å². The number of phenols is 1. The van der Waals surface area contributed by atoms with Gasteiger partial charge in [-0.1, -0.05) is 36.4 Å². The van der Waals surface area contributed by atoms with Crippen molar-refractivity contribution in [2.75, 3.05) is 0 Å². The van der Waals surface area contributed by atoms with Crippen LogP contribution in [-0.4, -0.2) is 27.4 Å². The van der Waals surface area contributed by atoms with Crippen molar-refractivity contribution in [3.05, 3.63) is 59.2 Å². The molecule has 0 aromatic heterocycles. The first-order valence-corrected chi connectivity index (χ1v) is 6.16. The number of aliphatic hydroxyl groups is 1. The Labute approximate surface area is 117 Å². The quantitative estimate of drug-likeness (QED) is 0.488. The molecule has 2 aromatic rings. The number of aliphatic hydroxyl groups excluding tert-OH is 1. The molecule has 0 amide bonds. The second-order valence-corrected chi connectivity index (χ2v) is 4.46. The van der Waals surface area contributed by atoms with E-state index in [-0.39, 0.29) is 12.4 Å². The molecule has 4 nitrogen and oxygen atoms in total. The first kappa shape index (κ1) is 14.3. The number of rotatable bonds is 4. The maximum absolute atomic E-state index is 9.52. The number of aromatic hydroxyl groups is 1. The van der Waals surface area contributed by atoms with E-state index in [1.165, 1.54) is 6.07 Å². The lowest BCUT2D eigenvalue weighted by Gasteiger charge is -2.02. The molecule has 0 spiro atoms. The predicted molar refractivity (Wildman–Crippen MR) is 79.2 cm³/mol. The van der Waals surface area contributed by atoms with Gasteiger partial charge in [-0.25, -0.2) is 0 Å². The number of phenolic OH excluding ortho intramolecular Hbond substituents is 1. The third-order valence-electron chi connectivity index (χ3n) is 2.89. The molecule has 102 valence electrons. The van der Waals surface area contributed by atoms with Gasteiger partial charge in [0.2, 0.25) is 0 Å². The highest BCUT2D eigenvalue weighted by Crippen LogP contribution is 2.18. The Bertz CT molecular complexity index is 606. The highest BCUT2D eigenvalue weighted by Gasteiger charge is 2.08. The van der Waals surface area contributed by atoms with Crippen molar-refractivity contribution in [1.29, 1.82) is 0 Å². The summed E-state index contributed by atoms with van der Waals surface area (Å²) in [5, 5.41) is 36.6. The molecule has 20 heavy (non-hydrogen) atoms. The molecule has 0 atom stereocenters. The number of benzene rings is 2. The van der Waals surface area contributed by atoms with Gasteiger partial charge in [-0.15, -0.1) is 0 Å². The molecule has 0 bridgehead atoms. The van der Waals surface area contributed by atoms with Crippen molar-refractivity contribution in [2.24, 2.45) is 0 Å². The Balaban J connectivity index is 2.18. The van der Waals surface area contributed by atoms with Crippen LogP contribution in [0, 0.1) is 0 Å². The SMILES string of the molecule is OCc1cc(O)cc(/C=C\c2ccc(B(O)O)cc2)c1. The van der Waals surface area contributed by atoms with Crippen molar-refractivity contribution in [2.45, 2.75) is 6.61 Å². The van der Waals surface area contributed by atoms with Crippen LogP contribution in [-0.2, 0) is 6.61 Å².